The Morgan fingerprint density at radius 3 is 2.60 bits per heavy atom. The summed E-state index contributed by atoms with van der Waals surface area (Å²) in [6, 6.07) is 0. The molecule has 2 aliphatic rings. The lowest BCUT2D eigenvalue weighted by Crippen LogP contribution is -2.31. The first-order chi connectivity index (χ1) is 7.31. The van der Waals surface area contributed by atoms with Crippen molar-refractivity contribution in [1.29, 1.82) is 5.26 Å². The number of likely N-dealkylation sites (tertiary alicyclic amines) is 2. The van der Waals surface area contributed by atoms with E-state index in [1.54, 1.807) is 4.90 Å². The van der Waals surface area contributed by atoms with Crippen LogP contribution in [0.3, 0.4) is 0 Å². The molecule has 2 fully saturated rings. The predicted octanol–water partition coefficient (Wildman–Crippen LogP) is -0.451. The van der Waals surface area contributed by atoms with E-state index in [0.29, 0.717) is 12.8 Å². The van der Waals surface area contributed by atoms with Crippen molar-refractivity contribution in [3.63, 3.8) is 0 Å². The Hall–Kier alpha value is -0.830. The number of nitrogens with two attached hydrogens (primary N) is 1. The van der Waals surface area contributed by atoms with Gasteiger partial charge in [-0.3, -0.25) is 4.90 Å². The van der Waals surface area contributed by atoms with E-state index in [9.17, 15) is 0 Å². The third-order valence-electron chi connectivity index (χ3n) is 3.16. The maximum atomic E-state index is 8.72. The Kier molecular flexibility index (Phi) is 3.41. The lowest BCUT2D eigenvalue weighted by molar-refractivity contribution is 0.00188. The van der Waals surface area contributed by atoms with E-state index in [-0.39, 0.29) is 6.10 Å². The molecule has 2 atom stereocenters. The molecular weight excluding hydrogens is 192 g/mol. The number of nitrogens with zero attached hydrogens (tertiary/aromatic N) is 3. The first-order valence-electron chi connectivity index (χ1n) is 5.54. The van der Waals surface area contributed by atoms with Crippen molar-refractivity contribution in [2.75, 3.05) is 32.8 Å². The van der Waals surface area contributed by atoms with Gasteiger partial charge in [0.05, 0.1) is 18.8 Å². The Morgan fingerprint density at radius 1 is 1.27 bits per heavy atom. The first-order valence-corrected chi connectivity index (χ1v) is 5.54. The zero-order chi connectivity index (χ0) is 10.7. The third kappa shape index (κ3) is 2.59. The van der Waals surface area contributed by atoms with Crippen LogP contribution < -0.4 is 5.73 Å². The van der Waals surface area contributed by atoms with Gasteiger partial charge in [0.25, 0.3) is 0 Å². The summed E-state index contributed by atoms with van der Waals surface area (Å²) >= 11 is 0. The minimum absolute atomic E-state index is 0.243. The van der Waals surface area contributed by atoms with E-state index in [1.807, 2.05) is 0 Å². The van der Waals surface area contributed by atoms with Crippen molar-refractivity contribution in [2.24, 2.45) is 5.73 Å². The molecular formula is C10H18N4O. The lowest BCUT2D eigenvalue weighted by atomic mass is 10.3. The standard InChI is InChI=1S/C10H18N4O/c11-7-13-3-1-9(5-13)15-10-2-4-14(6-10)8-12/h9-10H,1-7,11H2. The molecule has 0 spiro atoms. The van der Waals surface area contributed by atoms with Gasteiger partial charge in [-0.05, 0) is 12.8 Å². The van der Waals surface area contributed by atoms with Crippen molar-refractivity contribution in [3.05, 3.63) is 0 Å². The zero-order valence-electron chi connectivity index (χ0n) is 8.93. The molecule has 2 N–H and O–H groups in total. The van der Waals surface area contributed by atoms with Crippen LogP contribution in [0.1, 0.15) is 12.8 Å². The van der Waals surface area contributed by atoms with Gasteiger partial charge in [0.15, 0.2) is 6.19 Å². The van der Waals surface area contributed by atoms with E-state index < -0.39 is 0 Å². The van der Waals surface area contributed by atoms with Crippen LogP contribution in [0.15, 0.2) is 0 Å². The molecule has 0 amide bonds. The Morgan fingerprint density at radius 2 is 2.00 bits per heavy atom. The number of hydrogen-bond donors (Lipinski definition) is 1. The first kappa shape index (κ1) is 10.7. The molecule has 0 bridgehead atoms. The summed E-state index contributed by atoms with van der Waals surface area (Å²) in [6.07, 6.45) is 4.77. The number of ether oxygens (including phenoxy) is 1. The Balaban J connectivity index is 1.72. The molecule has 0 radical (unpaired) electrons. The fourth-order valence-electron chi connectivity index (χ4n) is 2.28. The highest BCUT2D eigenvalue weighted by Gasteiger charge is 2.28. The molecule has 15 heavy (non-hydrogen) atoms. The summed E-state index contributed by atoms with van der Waals surface area (Å²) in [7, 11) is 0. The van der Waals surface area contributed by atoms with Crippen molar-refractivity contribution in [1.82, 2.24) is 9.80 Å². The molecule has 2 unspecified atom stereocenters. The summed E-state index contributed by atoms with van der Waals surface area (Å²) in [6.45, 7) is 4.20. The van der Waals surface area contributed by atoms with Crippen LogP contribution in [0.25, 0.3) is 0 Å². The van der Waals surface area contributed by atoms with E-state index in [2.05, 4.69) is 11.1 Å². The summed E-state index contributed by atoms with van der Waals surface area (Å²) in [4.78, 5) is 3.96. The Bertz CT molecular complexity index is 252. The van der Waals surface area contributed by atoms with Crippen LogP contribution in [-0.2, 0) is 4.74 Å². The van der Waals surface area contributed by atoms with Gasteiger partial charge >= 0.3 is 0 Å². The second-order valence-corrected chi connectivity index (χ2v) is 4.26. The van der Waals surface area contributed by atoms with Crippen LogP contribution in [-0.4, -0.2) is 54.9 Å². The molecule has 84 valence electrons. The fourth-order valence-corrected chi connectivity index (χ4v) is 2.28. The number of hydrogen-bond acceptors (Lipinski definition) is 5. The molecule has 0 aromatic heterocycles. The maximum absolute atomic E-state index is 8.72. The normalized spacial score (nSPS) is 32.1. The van der Waals surface area contributed by atoms with Gasteiger partial charge in [0.2, 0.25) is 0 Å². The van der Waals surface area contributed by atoms with Gasteiger partial charge in [-0.15, -0.1) is 0 Å². The van der Waals surface area contributed by atoms with Crippen LogP contribution in [0.5, 0.6) is 0 Å². The van der Waals surface area contributed by atoms with E-state index in [4.69, 9.17) is 15.7 Å². The van der Waals surface area contributed by atoms with E-state index in [1.165, 1.54) is 0 Å². The third-order valence-corrected chi connectivity index (χ3v) is 3.16. The SMILES string of the molecule is N#CN1CCC(OC2CCN(CN)C2)C1. The summed E-state index contributed by atoms with van der Waals surface area (Å²) in [5.74, 6) is 0. The highest BCUT2D eigenvalue weighted by molar-refractivity contribution is 4.86. The van der Waals surface area contributed by atoms with Crippen molar-refractivity contribution >= 4 is 0 Å². The molecule has 2 rings (SSSR count). The minimum Gasteiger partial charge on any atom is -0.372 e. The quantitative estimate of drug-likeness (QED) is 0.639. The molecule has 5 heteroatoms. The molecule has 0 saturated carbocycles. The van der Waals surface area contributed by atoms with Gasteiger partial charge in [0, 0.05) is 26.3 Å². The summed E-state index contributed by atoms with van der Waals surface area (Å²) in [5.41, 5.74) is 5.57. The van der Waals surface area contributed by atoms with Gasteiger partial charge in [-0.25, -0.2) is 0 Å². The second-order valence-electron chi connectivity index (χ2n) is 4.26. The van der Waals surface area contributed by atoms with E-state index >= 15 is 0 Å². The highest BCUT2D eigenvalue weighted by atomic mass is 16.5. The number of rotatable bonds is 3. The molecule has 0 aliphatic carbocycles. The smallest absolute Gasteiger partial charge is 0.179 e. The van der Waals surface area contributed by atoms with Crippen molar-refractivity contribution < 1.29 is 4.74 Å². The summed E-state index contributed by atoms with van der Waals surface area (Å²) in [5, 5.41) is 8.72. The summed E-state index contributed by atoms with van der Waals surface area (Å²) < 4.78 is 5.95. The largest absolute Gasteiger partial charge is 0.372 e. The van der Waals surface area contributed by atoms with Crippen molar-refractivity contribution in [2.45, 2.75) is 25.0 Å². The van der Waals surface area contributed by atoms with Crippen LogP contribution in [0, 0.1) is 11.5 Å². The second kappa shape index (κ2) is 4.79. The molecule has 0 aromatic carbocycles. The molecule has 0 aromatic rings. The molecule has 2 aliphatic heterocycles. The van der Waals surface area contributed by atoms with Crippen molar-refractivity contribution in [3.8, 4) is 6.19 Å². The lowest BCUT2D eigenvalue weighted by Gasteiger charge is -2.18. The Labute approximate surface area is 90.4 Å². The maximum Gasteiger partial charge on any atom is 0.179 e. The topological polar surface area (TPSA) is 65.5 Å². The predicted molar refractivity (Wildman–Crippen MR) is 55.7 cm³/mol. The molecule has 2 heterocycles. The van der Waals surface area contributed by atoms with E-state index in [0.717, 1.165) is 39.0 Å². The average Bonchev–Trinajstić information content (AvgIpc) is 2.87. The highest BCUT2D eigenvalue weighted by Crippen LogP contribution is 2.18. The van der Waals surface area contributed by atoms with Crippen LogP contribution in [0.2, 0.25) is 0 Å². The fraction of sp³-hybridized carbons (Fsp3) is 0.900. The van der Waals surface area contributed by atoms with Crippen LogP contribution >= 0.6 is 0 Å². The minimum atomic E-state index is 0.243. The van der Waals surface area contributed by atoms with Crippen LogP contribution in [0.4, 0.5) is 0 Å². The monoisotopic (exact) mass is 210 g/mol. The molecule has 2 saturated heterocycles. The van der Waals surface area contributed by atoms with Gasteiger partial charge in [-0.2, -0.15) is 5.26 Å². The molecule has 5 nitrogen and oxygen atoms in total. The van der Waals surface area contributed by atoms with Gasteiger partial charge in [-0.1, -0.05) is 0 Å². The number of nitriles is 1. The van der Waals surface area contributed by atoms with Gasteiger partial charge in [0.1, 0.15) is 0 Å². The average molecular weight is 210 g/mol. The zero-order valence-corrected chi connectivity index (χ0v) is 8.93. The van der Waals surface area contributed by atoms with Gasteiger partial charge < -0.3 is 15.4 Å².